The monoisotopic (exact) mass is 347 g/mol. The molecule has 3 saturated heterocycles. The normalized spacial score (nSPS) is 25.0. The topological polar surface area (TPSA) is 90.8 Å². The van der Waals surface area contributed by atoms with Gasteiger partial charge in [0, 0.05) is 63.0 Å². The lowest BCUT2D eigenvalue weighted by Crippen LogP contribution is -2.62. The molecule has 1 amide bonds. The molecule has 1 atom stereocenters. The molecule has 0 spiro atoms. The lowest BCUT2D eigenvalue weighted by molar-refractivity contribution is -0.384. The first-order valence-electron chi connectivity index (χ1n) is 8.73. The molecule has 1 unspecified atom stereocenters. The third kappa shape index (κ3) is 4.08. The van der Waals surface area contributed by atoms with E-state index in [4.69, 9.17) is 0 Å². The largest absolute Gasteiger partial charge is 0.378 e. The van der Waals surface area contributed by atoms with Crippen LogP contribution in [0.5, 0.6) is 0 Å². The fraction of sp³-hybridized carbons (Fsp3) is 0.588. The molecule has 0 saturated carbocycles. The highest BCUT2D eigenvalue weighted by Crippen LogP contribution is 2.26. The van der Waals surface area contributed by atoms with Crippen molar-refractivity contribution < 1.29 is 9.72 Å². The second-order valence-corrected chi connectivity index (χ2v) is 6.99. The van der Waals surface area contributed by atoms with Crippen LogP contribution in [0, 0.1) is 10.1 Å². The second kappa shape index (κ2) is 7.37. The van der Waals surface area contributed by atoms with Gasteiger partial charge >= 0.3 is 0 Å². The number of anilines is 1. The number of amides is 1. The zero-order valence-corrected chi connectivity index (χ0v) is 14.7. The Morgan fingerprint density at radius 3 is 2.60 bits per heavy atom. The zero-order valence-electron chi connectivity index (χ0n) is 14.7. The van der Waals surface area contributed by atoms with E-state index in [-0.39, 0.29) is 17.6 Å². The maximum atomic E-state index is 12.1. The number of hydrogen-bond acceptors (Lipinski definition) is 6. The van der Waals surface area contributed by atoms with Gasteiger partial charge in [-0.05, 0) is 26.0 Å². The molecule has 0 aromatic heterocycles. The molecule has 25 heavy (non-hydrogen) atoms. The molecule has 3 aliphatic rings. The van der Waals surface area contributed by atoms with Crippen molar-refractivity contribution in [3.63, 3.8) is 0 Å². The van der Waals surface area contributed by atoms with Crippen LogP contribution < -0.4 is 10.6 Å². The van der Waals surface area contributed by atoms with Crippen molar-refractivity contribution in [1.82, 2.24) is 15.1 Å². The Balaban J connectivity index is 1.70. The molecule has 2 N–H and O–H groups in total. The molecule has 0 aliphatic carbocycles. The van der Waals surface area contributed by atoms with Gasteiger partial charge in [-0.2, -0.15) is 0 Å². The van der Waals surface area contributed by atoms with Gasteiger partial charge in [-0.15, -0.1) is 0 Å². The Kier molecular flexibility index (Phi) is 5.19. The fourth-order valence-electron chi connectivity index (χ4n) is 3.46. The number of carbonyl (C=O) groups is 1. The van der Waals surface area contributed by atoms with Crippen molar-refractivity contribution in [1.29, 1.82) is 0 Å². The van der Waals surface area contributed by atoms with E-state index in [1.807, 2.05) is 13.8 Å². The first-order chi connectivity index (χ1) is 11.9. The van der Waals surface area contributed by atoms with Crippen LogP contribution in [0.1, 0.15) is 24.2 Å². The number of carbonyl (C=O) groups excluding carboxylic acids is 1. The minimum atomic E-state index is -0.439. The van der Waals surface area contributed by atoms with Crippen LogP contribution in [-0.2, 0) is 0 Å². The number of benzene rings is 1. The van der Waals surface area contributed by atoms with Crippen molar-refractivity contribution in [3.05, 3.63) is 33.9 Å². The summed E-state index contributed by atoms with van der Waals surface area (Å²) in [5.74, 6) is -0.298. The lowest BCUT2D eigenvalue weighted by Gasteiger charge is -2.47. The number of hydrogen-bond donors (Lipinski definition) is 2. The predicted octanol–water partition coefficient (Wildman–Crippen LogP) is 1.14. The minimum Gasteiger partial charge on any atom is -0.378 e. The van der Waals surface area contributed by atoms with Crippen molar-refractivity contribution >= 4 is 17.3 Å². The average Bonchev–Trinajstić information content (AvgIpc) is 2.60. The van der Waals surface area contributed by atoms with Gasteiger partial charge in [-0.1, -0.05) is 0 Å². The summed E-state index contributed by atoms with van der Waals surface area (Å²) in [6, 6.07) is 4.95. The molecule has 3 heterocycles. The summed E-state index contributed by atoms with van der Waals surface area (Å²) in [6.07, 6.45) is 0. The lowest BCUT2D eigenvalue weighted by atomic mass is 10.1. The van der Waals surface area contributed by atoms with E-state index in [9.17, 15) is 14.9 Å². The van der Waals surface area contributed by atoms with Gasteiger partial charge < -0.3 is 10.6 Å². The SMILES string of the molecule is CC(C)NC(=O)c1ccc(NCC2CN3CCN2CC3)c([N+](=O)[O-])c1. The van der Waals surface area contributed by atoms with Crippen LogP contribution in [0.3, 0.4) is 0 Å². The number of rotatable bonds is 6. The quantitative estimate of drug-likeness (QED) is 0.592. The average molecular weight is 347 g/mol. The molecule has 8 nitrogen and oxygen atoms in total. The van der Waals surface area contributed by atoms with Gasteiger partial charge in [0.15, 0.2) is 0 Å². The van der Waals surface area contributed by atoms with Crippen LogP contribution in [0.25, 0.3) is 0 Å². The molecule has 2 bridgehead atoms. The summed E-state index contributed by atoms with van der Waals surface area (Å²) in [4.78, 5) is 27.9. The maximum Gasteiger partial charge on any atom is 0.293 e. The summed E-state index contributed by atoms with van der Waals surface area (Å²) in [5, 5.41) is 17.4. The summed E-state index contributed by atoms with van der Waals surface area (Å²) in [5.41, 5.74) is 0.703. The summed E-state index contributed by atoms with van der Waals surface area (Å²) < 4.78 is 0. The Bertz CT molecular complexity index is 656. The van der Waals surface area contributed by atoms with Gasteiger partial charge in [0.1, 0.15) is 5.69 Å². The maximum absolute atomic E-state index is 12.1. The van der Waals surface area contributed by atoms with Gasteiger partial charge in [0.2, 0.25) is 0 Å². The van der Waals surface area contributed by atoms with Crippen molar-refractivity contribution in [2.75, 3.05) is 44.6 Å². The highest BCUT2D eigenvalue weighted by atomic mass is 16.6. The van der Waals surface area contributed by atoms with Gasteiger partial charge in [0.05, 0.1) is 4.92 Å². The molecular weight excluding hydrogens is 322 g/mol. The molecule has 3 fully saturated rings. The Morgan fingerprint density at radius 2 is 2.04 bits per heavy atom. The molecular formula is C17H25N5O3. The zero-order chi connectivity index (χ0) is 18.0. The van der Waals surface area contributed by atoms with Gasteiger partial charge in [0.25, 0.3) is 11.6 Å². The number of piperazine rings is 3. The number of nitro benzene ring substituents is 1. The molecule has 3 aliphatic heterocycles. The number of nitro groups is 1. The standard InChI is InChI=1S/C17H25N5O3/c1-12(2)19-17(23)13-3-4-15(16(9-13)22(24)25)18-10-14-11-20-5-7-21(14)8-6-20/h3-4,9,12,14,18H,5-8,10-11H2,1-2H3,(H,19,23). The Hall–Kier alpha value is -2.19. The van der Waals surface area contributed by atoms with Crippen LogP contribution in [0.15, 0.2) is 18.2 Å². The van der Waals surface area contributed by atoms with Crippen LogP contribution in [0.4, 0.5) is 11.4 Å². The van der Waals surface area contributed by atoms with E-state index in [2.05, 4.69) is 20.4 Å². The van der Waals surface area contributed by atoms with Crippen LogP contribution >= 0.6 is 0 Å². The van der Waals surface area contributed by atoms with Crippen LogP contribution in [-0.4, -0.2) is 72.0 Å². The van der Waals surface area contributed by atoms with Crippen LogP contribution in [0.2, 0.25) is 0 Å². The molecule has 1 aromatic carbocycles. The van der Waals surface area contributed by atoms with E-state index in [0.29, 0.717) is 23.8 Å². The first kappa shape index (κ1) is 17.6. The molecule has 4 rings (SSSR count). The van der Waals surface area contributed by atoms with E-state index in [0.717, 1.165) is 32.7 Å². The number of fused-ring (bicyclic) bond motifs is 3. The summed E-state index contributed by atoms with van der Waals surface area (Å²) >= 11 is 0. The molecule has 1 aromatic rings. The molecule has 136 valence electrons. The summed E-state index contributed by atoms with van der Waals surface area (Å²) in [6.45, 7) is 9.69. The highest BCUT2D eigenvalue weighted by Gasteiger charge is 2.31. The summed E-state index contributed by atoms with van der Waals surface area (Å²) in [7, 11) is 0. The second-order valence-electron chi connectivity index (χ2n) is 6.99. The van der Waals surface area contributed by atoms with Crippen molar-refractivity contribution in [3.8, 4) is 0 Å². The van der Waals surface area contributed by atoms with E-state index in [1.165, 1.54) is 6.07 Å². The smallest absolute Gasteiger partial charge is 0.293 e. The third-order valence-corrected chi connectivity index (χ3v) is 4.80. The number of nitrogens with zero attached hydrogens (tertiary/aromatic N) is 3. The molecule has 0 radical (unpaired) electrons. The van der Waals surface area contributed by atoms with Gasteiger partial charge in [-0.3, -0.25) is 24.7 Å². The number of nitrogens with one attached hydrogen (secondary N) is 2. The predicted molar refractivity (Wildman–Crippen MR) is 96.0 cm³/mol. The van der Waals surface area contributed by atoms with Gasteiger partial charge in [-0.25, -0.2) is 0 Å². The highest BCUT2D eigenvalue weighted by molar-refractivity contribution is 5.95. The van der Waals surface area contributed by atoms with Crippen molar-refractivity contribution in [2.45, 2.75) is 25.9 Å². The first-order valence-corrected chi connectivity index (χ1v) is 8.73. The van der Waals surface area contributed by atoms with Crippen molar-refractivity contribution in [2.24, 2.45) is 0 Å². The van der Waals surface area contributed by atoms with E-state index >= 15 is 0 Å². The Labute approximate surface area is 147 Å². The Morgan fingerprint density at radius 1 is 1.32 bits per heavy atom. The minimum absolute atomic E-state index is 0.0184. The van der Waals surface area contributed by atoms with E-state index in [1.54, 1.807) is 12.1 Å². The molecule has 8 heteroatoms. The fourth-order valence-corrected chi connectivity index (χ4v) is 3.46. The third-order valence-electron chi connectivity index (χ3n) is 4.80. The van der Waals surface area contributed by atoms with E-state index < -0.39 is 4.92 Å².